The molecule has 5 heteroatoms. The second-order valence-electron chi connectivity index (χ2n) is 6.57. The highest BCUT2D eigenvalue weighted by Gasteiger charge is 2.21. The molecule has 1 aromatic heterocycles. The van der Waals surface area contributed by atoms with Gasteiger partial charge in [-0.2, -0.15) is 11.8 Å². The molecule has 2 atom stereocenters. The molecular formula is C18H25N3OS. The van der Waals surface area contributed by atoms with Crippen LogP contribution in [0, 0.1) is 5.92 Å². The molecule has 124 valence electrons. The molecular weight excluding hydrogens is 306 g/mol. The minimum Gasteiger partial charge on any atom is -0.352 e. The van der Waals surface area contributed by atoms with Gasteiger partial charge in [0.15, 0.2) is 0 Å². The molecule has 1 saturated carbocycles. The lowest BCUT2D eigenvalue weighted by atomic mass is 9.87. The van der Waals surface area contributed by atoms with Crippen molar-refractivity contribution < 1.29 is 4.79 Å². The second kappa shape index (κ2) is 7.39. The highest BCUT2D eigenvalue weighted by Crippen LogP contribution is 2.24. The number of nitrogens with zero attached hydrogens (tertiary/aromatic N) is 2. The molecule has 3 rings (SSSR count). The highest BCUT2D eigenvalue weighted by molar-refractivity contribution is 7.97. The van der Waals surface area contributed by atoms with E-state index in [0.717, 1.165) is 41.4 Å². The molecule has 0 aliphatic heterocycles. The highest BCUT2D eigenvalue weighted by atomic mass is 32.2. The summed E-state index contributed by atoms with van der Waals surface area (Å²) in [6.07, 6.45) is 6.79. The summed E-state index contributed by atoms with van der Waals surface area (Å²) in [5.41, 5.74) is 2.01. The number of imidazole rings is 1. The van der Waals surface area contributed by atoms with Crippen LogP contribution >= 0.6 is 11.8 Å². The Hall–Kier alpha value is -1.49. The number of fused-ring (bicyclic) bond motifs is 1. The van der Waals surface area contributed by atoms with Crippen LogP contribution < -0.4 is 5.32 Å². The van der Waals surface area contributed by atoms with Crippen molar-refractivity contribution in [3.05, 3.63) is 30.1 Å². The summed E-state index contributed by atoms with van der Waals surface area (Å²) in [4.78, 5) is 17.2. The van der Waals surface area contributed by atoms with E-state index in [4.69, 9.17) is 0 Å². The summed E-state index contributed by atoms with van der Waals surface area (Å²) >= 11 is 1.73. The molecule has 2 unspecified atom stereocenters. The van der Waals surface area contributed by atoms with Crippen LogP contribution in [-0.4, -0.2) is 27.8 Å². The fourth-order valence-corrected chi connectivity index (χ4v) is 4.00. The number of aromatic nitrogens is 2. The molecule has 1 aliphatic rings. The van der Waals surface area contributed by atoms with Gasteiger partial charge in [-0.25, -0.2) is 4.98 Å². The maximum atomic E-state index is 12.5. The van der Waals surface area contributed by atoms with Crippen LogP contribution in [0.3, 0.4) is 0 Å². The third-order valence-electron chi connectivity index (χ3n) is 4.61. The van der Waals surface area contributed by atoms with Gasteiger partial charge < -0.3 is 9.88 Å². The van der Waals surface area contributed by atoms with Crippen LogP contribution in [0.15, 0.2) is 24.3 Å². The standard InChI is InChI=1S/C18H25N3OS/c1-13-6-5-7-14(10-13)19-18(22)11-21-16-9-4-3-8-15(16)20-17(21)12-23-2/h3-4,8-9,13-14H,5-7,10-12H2,1-2H3,(H,19,22). The maximum Gasteiger partial charge on any atom is 0.240 e. The molecule has 1 aromatic carbocycles. The number of thioether (sulfide) groups is 1. The van der Waals surface area contributed by atoms with Gasteiger partial charge in [0.2, 0.25) is 5.91 Å². The largest absolute Gasteiger partial charge is 0.352 e. The summed E-state index contributed by atoms with van der Waals surface area (Å²) < 4.78 is 2.06. The van der Waals surface area contributed by atoms with E-state index < -0.39 is 0 Å². The topological polar surface area (TPSA) is 46.9 Å². The molecule has 1 N–H and O–H groups in total. The Kier molecular flexibility index (Phi) is 5.26. The lowest BCUT2D eigenvalue weighted by molar-refractivity contribution is -0.122. The Bertz CT molecular complexity index is 682. The predicted molar refractivity (Wildman–Crippen MR) is 96.5 cm³/mol. The van der Waals surface area contributed by atoms with Gasteiger partial charge in [0.1, 0.15) is 12.4 Å². The van der Waals surface area contributed by atoms with Gasteiger partial charge in [0.25, 0.3) is 0 Å². The van der Waals surface area contributed by atoms with E-state index in [0.29, 0.717) is 12.6 Å². The van der Waals surface area contributed by atoms with E-state index in [1.165, 1.54) is 12.8 Å². The number of carbonyl (C=O) groups is 1. The van der Waals surface area contributed by atoms with Crippen LogP contribution in [-0.2, 0) is 17.1 Å². The van der Waals surface area contributed by atoms with Crippen molar-refractivity contribution in [2.45, 2.75) is 50.9 Å². The van der Waals surface area contributed by atoms with Crippen LogP contribution in [0.5, 0.6) is 0 Å². The van der Waals surface area contributed by atoms with Gasteiger partial charge in [-0.3, -0.25) is 4.79 Å². The van der Waals surface area contributed by atoms with Gasteiger partial charge in [0.05, 0.1) is 16.8 Å². The van der Waals surface area contributed by atoms with Crippen molar-refractivity contribution >= 4 is 28.7 Å². The lowest BCUT2D eigenvalue weighted by Crippen LogP contribution is -2.39. The first kappa shape index (κ1) is 16.4. The number of para-hydroxylation sites is 2. The first-order chi connectivity index (χ1) is 11.2. The molecule has 23 heavy (non-hydrogen) atoms. The normalized spacial score (nSPS) is 21.5. The zero-order valence-electron chi connectivity index (χ0n) is 13.9. The summed E-state index contributed by atoms with van der Waals surface area (Å²) in [6, 6.07) is 8.39. The Balaban J connectivity index is 1.74. The monoisotopic (exact) mass is 331 g/mol. The number of hydrogen-bond donors (Lipinski definition) is 1. The molecule has 2 aromatic rings. The quantitative estimate of drug-likeness (QED) is 0.911. The average Bonchev–Trinajstić information content (AvgIpc) is 2.85. The van der Waals surface area contributed by atoms with Gasteiger partial charge in [-0.15, -0.1) is 0 Å². The second-order valence-corrected chi connectivity index (χ2v) is 7.44. The number of rotatable bonds is 5. The van der Waals surface area contributed by atoms with Gasteiger partial charge in [-0.05, 0) is 37.1 Å². The molecule has 0 radical (unpaired) electrons. The number of carbonyl (C=O) groups excluding carboxylic acids is 1. The zero-order valence-corrected chi connectivity index (χ0v) is 14.7. The Morgan fingerprint density at radius 1 is 1.39 bits per heavy atom. The molecule has 0 saturated heterocycles. The van der Waals surface area contributed by atoms with Crippen LogP contribution in [0.4, 0.5) is 0 Å². The van der Waals surface area contributed by atoms with E-state index in [2.05, 4.69) is 28.0 Å². The fourth-order valence-electron chi connectivity index (χ4n) is 3.52. The predicted octanol–water partition coefficient (Wildman–Crippen LogP) is 3.59. The maximum absolute atomic E-state index is 12.5. The lowest BCUT2D eigenvalue weighted by Gasteiger charge is -2.27. The number of benzene rings is 1. The molecule has 1 aliphatic carbocycles. The van der Waals surface area contributed by atoms with Crippen molar-refractivity contribution in [2.75, 3.05) is 6.26 Å². The van der Waals surface area contributed by atoms with E-state index in [1.54, 1.807) is 11.8 Å². The molecule has 1 amide bonds. The summed E-state index contributed by atoms with van der Waals surface area (Å²) in [6.45, 7) is 2.64. The molecule has 0 bridgehead atoms. The first-order valence-electron chi connectivity index (χ1n) is 8.40. The van der Waals surface area contributed by atoms with Gasteiger partial charge >= 0.3 is 0 Å². The Morgan fingerprint density at radius 3 is 3.00 bits per heavy atom. The number of nitrogens with one attached hydrogen (secondary N) is 1. The number of amides is 1. The summed E-state index contributed by atoms with van der Waals surface area (Å²) in [5, 5.41) is 3.23. The third-order valence-corrected chi connectivity index (χ3v) is 5.16. The first-order valence-corrected chi connectivity index (χ1v) is 9.79. The van der Waals surface area contributed by atoms with Crippen molar-refractivity contribution in [2.24, 2.45) is 5.92 Å². The third kappa shape index (κ3) is 3.89. The van der Waals surface area contributed by atoms with Crippen molar-refractivity contribution in [3.63, 3.8) is 0 Å². The van der Waals surface area contributed by atoms with Crippen molar-refractivity contribution in [1.29, 1.82) is 0 Å². The zero-order chi connectivity index (χ0) is 16.2. The SMILES string of the molecule is CSCc1nc2ccccc2n1CC(=O)NC1CCCC(C)C1. The summed E-state index contributed by atoms with van der Waals surface area (Å²) in [7, 11) is 0. The van der Waals surface area contributed by atoms with Gasteiger partial charge in [-0.1, -0.05) is 31.9 Å². The van der Waals surface area contributed by atoms with Crippen LogP contribution in [0.1, 0.15) is 38.4 Å². The van der Waals surface area contributed by atoms with E-state index >= 15 is 0 Å². The molecule has 1 fully saturated rings. The Morgan fingerprint density at radius 2 is 2.22 bits per heavy atom. The van der Waals surface area contributed by atoms with E-state index in [9.17, 15) is 4.79 Å². The minimum atomic E-state index is 0.106. The average molecular weight is 331 g/mol. The van der Waals surface area contributed by atoms with Crippen molar-refractivity contribution in [1.82, 2.24) is 14.9 Å². The summed E-state index contributed by atoms with van der Waals surface area (Å²) in [5.74, 6) is 2.62. The fraction of sp³-hybridized carbons (Fsp3) is 0.556. The van der Waals surface area contributed by atoms with Crippen molar-refractivity contribution in [3.8, 4) is 0 Å². The smallest absolute Gasteiger partial charge is 0.240 e. The van der Waals surface area contributed by atoms with Gasteiger partial charge in [0, 0.05) is 6.04 Å². The Labute approximate surface area is 142 Å². The van der Waals surface area contributed by atoms with Crippen LogP contribution in [0.25, 0.3) is 11.0 Å². The molecule has 0 spiro atoms. The molecule has 1 heterocycles. The van der Waals surface area contributed by atoms with E-state index in [1.807, 2.05) is 24.3 Å². The van der Waals surface area contributed by atoms with E-state index in [-0.39, 0.29) is 5.91 Å². The van der Waals surface area contributed by atoms with Crippen LogP contribution in [0.2, 0.25) is 0 Å². The molecule has 4 nitrogen and oxygen atoms in total. The minimum absolute atomic E-state index is 0.106. The number of hydrogen-bond acceptors (Lipinski definition) is 3.